The monoisotopic (exact) mass is 486 g/mol. The molecule has 33 heavy (non-hydrogen) atoms. The number of nitrogens with one attached hydrogen (secondary N) is 2. The van der Waals surface area contributed by atoms with Gasteiger partial charge in [0.05, 0.1) is 29.9 Å². The first-order valence-electron chi connectivity index (χ1n) is 9.77. The van der Waals surface area contributed by atoms with Gasteiger partial charge >= 0.3 is 5.97 Å². The quantitative estimate of drug-likeness (QED) is 0.425. The number of carbonyl (C=O) groups excluding carboxylic acids is 3. The Morgan fingerprint density at radius 1 is 0.909 bits per heavy atom. The summed E-state index contributed by atoms with van der Waals surface area (Å²) in [7, 11) is 1.23. The molecule has 0 aliphatic heterocycles. The van der Waals surface area contributed by atoms with E-state index in [0.717, 1.165) is 22.9 Å². The molecule has 0 atom stereocenters. The van der Waals surface area contributed by atoms with Crippen LogP contribution in [0, 0.1) is 5.82 Å². The fraction of sp³-hybridized carbons (Fsp3) is 0.125. The van der Waals surface area contributed by atoms with Crippen LogP contribution in [0.2, 0.25) is 5.02 Å². The van der Waals surface area contributed by atoms with Crippen LogP contribution >= 0.6 is 23.4 Å². The number of halogens is 2. The lowest BCUT2D eigenvalue weighted by Gasteiger charge is -2.10. The molecule has 3 rings (SSSR count). The first-order valence-corrected chi connectivity index (χ1v) is 11.3. The van der Waals surface area contributed by atoms with Crippen molar-refractivity contribution in [2.45, 2.75) is 0 Å². The third kappa shape index (κ3) is 7.06. The highest BCUT2D eigenvalue weighted by molar-refractivity contribution is 8.00. The van der Waals surface area contributed by atoms with Crippen molar-refractivity contribution in [3.8, 4) is 11.1 Å². The molecule has 3 aromatic rings. The van der Waals surface area contributed by atoms with Gasteiger partial charge in [-0.25, -0.2) is 9.18 Å². The maximum Gasteiger partial charge on any atom is 0.340 e. The van der Waals surface area contributed by atoms with Gasteiger partial charge < -0.3 is 15.4 Å². The summed E-state index contributed by atoms with van der Waals surface area (Å²) >= 11 is 7.03. The molecular weight excluding hydrogens is 467 g/mol. The van der Waals surface area contributed by atoms with Crippen LogP contribution < -0.4 is 10.6 Å². The number of methoxy groups -OCH3 is 1. The van der Waals surface area contributed by atoms with Crippen molar-refractivity contribution in [1.82, 2.24) is 0 Å². The summed E-state index contributed by atoms with van der Waals surface area (Å²) < 4.78 is 17.8. The van der Waals surface area contributed by atoms with Crippen molar-refractivity contribution in [1.29, 1.82) is 0 Å². The van der Waals surface area contributed by atoms with E-state index >= 15 is 0 Å². The maximum absolute atomic E-state index is 13.1. The number of benzene rings is 3. The number of thioether (sulfide) groups is 1. The average Bonchev–Trinajstić information content (AvgIpc) is 2.80. The van der Waals surface area contributed by atoms with Crippen molar-refractivity contribution in [3.63, 3.8) is 0 Å². The molecule has 0 aromatic heterocycles. The zero-order valence-corrected chi connectivity index (χ0v) is 19.1. The van der Waals surface area contributed by atoms with Crippen LogP contribution in [0.3, 0.4) is 0 Å². The second-order valence-corrected chi connectivity index (χ2v) is 8.28. The lowest BCUT2D eigenvalue weighted by Crippen LogP contribution is -2.19. The zero-order chi connectivity index (χ0) is 23.8. The molecule has 0 bridgehead atoms. The third-order valence-electron chi connectivity index (χ3n) is 4.45. The normalized spacial score (nSPS) is 10.4. The van der Waals surface area contributed by atoms with Gasteiger partial charge in [0, 0.05) is 10.7 Å². The number of hydrogen-bond acceptors (Lipinski definition) is 5. The van der Waals surface area contributed by atoms with Gasteiger partial charge in [0.15, 0.2) is 0 Å². The first kappa shape index (κ1) is 24.3. The molecule has 2 N–H and O–H groups in total. The molecule has 9 heteroatoms. The predicted octanol–water partition coefficient (Wildman–Crippen LogP) is 5.24. The summed E-state index contributed by atoms with van der Waals surface area (Å²) in [5.74, 6) is -1.53. The molecule has 0 aliphatic rings. The van der Waals surface area contributed by atoms with Gasteiger partial charge in [-0.3, -0.25) is 9.59 Å². The molecule has 170 valence electrons. The molecule has 0 aliphatic carbocycles. The Balaban J connectivity index is 1.51. The number of anilines is 2. The van der Waals surface area contributed by atoms with E-state index in [1.54, 1.807) is 36.4 Å². The van der Waals surface area contributed by atoms with Crippen LogP contribution in [0.4, 0.5) is 15.8 Å². The minimum Gasteiger partial charge on any atom is -0.465 e. The molecule has 0 radical (unpaired) electrons. The van der Waals surface area contributed by atoms with E-state index in [-0.39, 0.29) is 40.4 Å². The Kier molecular flexibility index (Phi) is 8.46. The smallest absolute Gasteiger partial charge is 0.340 e. The van der Waals surface area contributed by atoms with Gasteiger partial charge in [0.1, 0.15) is 5.82 Å². The third-order valence-corrected chi connectivity index (χ3v) is 5.62. The van der Waals surface area contributed by atoms with Crippen molar-refractivity contribution < 1.29 is 23.5 Å². The maximum atomic E-state index is 13.1. The number of ether oxygens (including phenoxy) is 1. The summed E-state index contributed by atoms with van der Waals surface area (Å²) in [5, 5.41) is 5.75. The first-order chi connectivity index (χ1) is 15.9. The Labute approximate surface area is 199 Å². The second kappa shape index (κ2) is 11.5. The standard InChI is InChI=1S/C24H20ClFN2O4S/c1-32-24(31)20-12-17(25)7-10-21(20)28-23(30)14-33-13-22(29)27-19-4-2-3-16(11-19)15-5-8-18(26)9-6-15/h2-12H,13-14H2,1H3,(H,27,29)(H,28,30). The molecule has 3 aromatic carbocycles. The molecule has 0 saturated heterocycles. The topological polar surface area (TPSA) is 84.5 Å². The van der Waals surface area contributed by atoms with Crippen LogP contribution in [-0.2, 0) is 14.3 Å². The Hall–Kier alpha value is -3.36. The number of esters is 1. The lowest BCUT2D eigenvalue weighted by atomic mass is 10.1. The van der Waals surface area contributed by atoms with Gasteiger partial charge in [-0.15, -0.1) is 11.8 Å². The molecule has 0 saturated carbocycles. The van der Waals surface area contributed by atoms with E-state index in [9.17, 15) is 18.8 Å². The van der Waals surface area contributed by atoms with Crippen molar-refractivity contribution in [3.05, 3.63) is 83.1 Å². The van der Waals surface area contributed by atoms with E-state index < -0.39 is 5.97 Å². The lowest BCUT2D eigenvalue weighted by molar-refractivity contribution is -0.114. The highest BCUT2D eigenvalue weighted by atomic mass is 35.5. The Bertz CT molecular complexity index is 1170. The molecule has 0 fully saturated rings. The number of amides is 2. The van der Waals surface area contributed by atoms with Gasteiger partial charge in [0.2, 0.25) is 11.8 Å². The van der Waals surface area contributed by atoms with Crippen LogP contribution in [-0.4, -0.2) is 36.4 Å². The molecule has 0 unspecified atom stereocenters. The minimum atomic E-state index is -0.623. The highest BCUT2D eigenvalue weighted by Gasteiger charge is 2.15. The summed E-state index contributed by atoms with van der Waals surface area (Å²) in [6.45, 7) is 0. The number of carbonyl (C=O) groups is 3. The van der Waals surface area contributed by atoms with Crippen molar-refractivity contribution in [2.24, 2.45) is 0 Å². The van der Waals surface area contributed by atoms with Crippen molar-refractivity contribution >= 4 is 52.5 Å². The molecule has 2 amide bonds. The van der Waals surface area contributed by atoms with Gasteiger partial charge in [-0.2, -0.15) is 0 Å². The van der Waals surface area contributed by atoms with Crippen molar-refractivity contribution in [2.75, 3.05) is 29.2 Å². The predicted molar refractivity (Wildman–Crippen MR) is 129 cm³/mol. The van der Waals surface area contributed by atoms with Gasteiger partial charge in [-0.05, 0) is 53.6 Å². The van der Waals surface area contributed by atoms with E-state index in [4.69, 9.17) is 16.3 Å². The van der Waals surface area contributed by atoms with E-state index in [1.165, 1.54) is 31.4 Å². The number of rotatable bonds is 8. The van der Waals surface area contributed by atoms with Crippen LogP contribution in [0.15, 0.2) is 66.7 Å². The zero-order valence-electron chi connectivity index (χ0n) is 17.6. The Morgan fingerprint density at radius 3 is 2.30 bits per heavy atom. The largest absolute Gasteiger partial charge is 0.465 e. The van der Waals surface area contributed by atoms with E-state index in [1.807, 2.05) is 6.07 Å². The molecule has 0 spiro atoms. The van der Waals surface area contributed by atoms with Gasteiger partial charge in [-0.1, -0.05) is 35.9 Å². The van der Waals surface area contributed by atoms with E-state index in [2.05, 4.69) is 10.6 Å². The van der Waals surface area contributed by atoms with Crippen LogP contribution in [0.5, 0.6) is 0 Å². The van der Waals surface area contributed by atoms with Crippen LogP contribution in [0.1, 0.15) is 10.4 Å². The summed E-state index contributed by atoms with van der Waals surface area (Å²) in [6, 6.07) is 17.7. The molecule has 6 nitrogen and oxygen atoms in total. The number of hydrogen-bond donors (Lipinski definition) is 2. The SMILES string of the molecule is COC(=O)c1cc(Cl)ccc1NC(=O)CSCC(=O)Nc1cccc(-c2ccc(F)cc2)c1. The fourth-order valence-corrected chi connectivity index (χ4v) is 3.73. The fourth-order valence-electron chi connectivity index (χ4n) is 2.94. The Morgan fingerprint density at radius 2 is 1.61 bits per heavy atom. The minimum absolute atomic E-state index is 0.00623. The average molecular weight is 487 g/mol. The molecular formula is C24H20ClFN2O4S. The summed E-state index contributed by atoms with van der Waals surface area (Å²) in [5.41, 5.74) is 2.67. The van der Waals surface area contributed by atoms with E-state index in [0.29, 0.717) is 10.7 Å². The summed E-state index contributed by atoms with van der Waals surface area (Å²) in [6.07, 6.45) is 0. The summed E-state index contributed by atoms with van der Waals surface area (Å²) in [4.78, 5) is 36.4. The van der Waals surface area contributed by atoms with Gasteiger partial charge in [0.25, 0.3) is 0 Å². The second-order valence-electron chi connectivity index (χ2n) is 6.86. The highest BCUT2D eigenvalue weighted by Crippen LogP contribution is 2.24. The van der Waals surface area contributed by atoms with Crippen LogP contribution in [0.25, 0.3) is 11.1 Å². The molecule has 0 heterocycles.